The Labute approximate surface area is 146 Å². The summed E-state index contributed by atoms with van der Waals surface area (Å²) < 4.78 is 7.04. The lowest BCUT2D eigenvalue weighted by molar-refractivity contribution is 0.415. The number of tetrazole rings is 1. The zero-order valence-corrected chi connectivity index (χ0v) is 14.2. The number of ether oxygens (including phenoxy) is 1. The summed E-state index contributed by atoms with van der Waals surface area (Å²) in [4.78, 5) is 0. The molecule has 0 unspecified atom stereocenters. The summed E-state index contributed by atoms with van der Waals surface area (Å²) in [5.74, 6) is 1.47. The number of aromatic nitrogens is 4. The van der Waals surface area contributed by atoms with Crippen molar-refractivity contribution < 1.29 is 4.74 Å². The molecule has 25 heavy (non-hydrogen) atoms. The first-order chi connectivity index (χ1) is 12.3. The summed E-state index contributed by atoms with van der Waals surface area (Å²) in [5, 5.41) is 15.4. The smallest absolute Gasteiger partial charge is 0.248 e. The van der Waals surface area contributed by atoms with Crippen LogP contribution in [0, 0.1) is 0 Å². The van der Waals surface area contributed by atoms with Gasteiger partial charge in [-0.05, 0) is 63.9 Å². The fourth-order valence-electron chi connectivity index (χ4n) is 2.98. The van der Waals surface area contributed by atoms with E-state index in [1.807, 2.05) is 24.3 Å². The van der Waals surface area contributed by atoms with Crippen LogP contribution in [0.15, 0.2) is 54.6 Å². The first-order valence-electron chi connectivity index (χ1n) is 8.28. The van der Waals surface area contributed by atoms with Crippen molar-refractivity contribution in [3.8, 4) is 5.75 Å². The van der Waals surface area contributed by atoms with Crippen molar-refractivity contribution in [2.24, 2.45) is 0 Å². The van der Waals surface area contributed by atoms with Crippen LogP contribution in [-0.4, -0.2) is 27.3 Å². The maximum Gasteiger partial charge on any atom is 0.248 e. The fourth-order valence-corrected chi connectivity index (χ4v) is 2.98. The molecule has 0 saturated carbocycles. The van der Waals surface area contributed by atoms with Gasteiger partial charge in [-0.3, -0.25) is 0 Å². The van der Waals surface area contributed by atoms with Gasteiger partial charge >= 0.3 is 0 Å². The third-order valence-corrected chi connectivity index (χ3v) is 4.46. The largest absolute Gasteiger partial charge is 0.497 e. The van der Waals surface area contributed by atoms with Gasteiger partial charge in [-0.2, -0.15) is 4.68 Å². The van der Waals surface area contributed by atoms with Gasteiger partial charge < -0.3 is 10.1 Å². The molecule has 0 aliphatic carbocycles. The topological polar surface area (TPSA) is 64.9 Å². The SMILES string of the molecule is CCc1ccc([C@@H]2C=C(c3ccc(OC)cc3)Nc3nnnn32)cc1. The fraction of sp³-hybridized carbons (Fsp3) is 0.211. The van der Waals surface area contributed by atoms with Gasteiger partial charge in [-0.1, -0.05) is 36.3 Å². The van der Waals surface area contributed by atoms with Crippen LogP contribution in [0.25, 0.3) is 5.70 Å². The van der Waals surface area contributed by atoms with Crippen molar-refractivity contribution >= 4 is 11.6 Å². The minimum atomic E-state index is -0.0470. The predicted molar refractivity (Wildman–Crippen MR) is 96.4 cm³/mol. The summed E-state index contributed by atoms with van der Waals surface area (Å²) in [6, 6.07) is 16.5. The van der Waals surface area contributed by atoms with E-state index in [0.29, 0.717) is 5.95 Å². The van der Waals surface area contributed by atoms with Crippen LogP contribution in [0.4, 0.5) is 5.95 Å². The third kappa shape index (κ3) is 2.87. The van der Waals surface area contributed by atoms with E-state index in [0.717, 1.165) is 29.0 Å². The lowest BCUT2D eigenvalue weighted by Crippen LogP contribution is -2.20. The van der Waals surface area contributed by atoms with Crippen molar-refractivity contribution in [2.45, 2.75) is 19.4 Å². The van der Waals surface area contributed by atoms with Gasteiger partial charge in [-0.25, -0.2) is 0 Å². The number of nitrogens with one attached hydrogen (secondary N) is 1. The highest BCUT2D eigenvalue weighted by Gasteiger charge is 2.24. The van der Waals surface area contributed by atoms with E-state index in [1.54, 1.807) is 11.8 Å². The average molecular weight is 333 g/mol. The molecule has 3 aromatic rings. The van der Waals surface area contributed by atoms with E-state index in [-0.39, 0.29) is 6.04 Å². The van der Waals surface area contributed by atoms with Crippen molar-refractivity contribution in [1.29, 1.82) is 0 Å². The maximum atomic E-state index is 5.24. The predicted octanol–water partition coefficient (Wildman–Crippen LogP) is 3.30. The summed E-state index contributed by atoms with van der Waals surface area (Å²) >= 11 is 0. The van der Waals surface area contributed by atoms with E-state index < -0.39 is 0 Å². The number of anilines is 1. The zero-order valence-electron chi connectivity index (χ0n) is 14.2. The lowest BCUT2D eigenvalue weighted by atomic mass is 10.00. The van der Waals surface area contributed by atoms with E-state index in [9.17, 15) is 0 Å². The molecular weight excluding hydrogens is 314 g/mol. The zero-order chi connectivity index (χ0) is 17.2. The molecule has 0 radical (unpaired) electrons. The van der Waals surface area contributed by atoms with E-state index in [4.69, 9.17) is 4.74 Å². The first kappa shape index (κ1) is 15.4. The Morgan fingerprint density at radius 2 is 1.84 bits per heavy atom. The molecule has 0 amide bonds. The molecule has 1 aromatic heterocycles. The van der Waals surface area contributed by atoms with Crippen molar-refractivity contribution in [2.75, 3.05) is 12.4 Å². The molecule has 126 valence electrons. The molecule has 0 bridgehead atoms. The third-order valence-electron chi connectivity index (χ3n) is 4.46. The standard InChI is InChI=1S/C19H19N5O/c1-3-13-4-6-15(7-5-13)18-12-17(20-19-21-22-23-24(18)19)14-8-10-16(25-2)11-9-14/h4-12,18H,3H2,1-2H3,(H,20,21,23)/t18-/m0/s1. The minimum absolute atomic E-state index is 0.0470. The van der Waals surface area contributed by atoms with Crippen LogP contribution in [-0.2, 0) is 6.42 Å². The van der Waals surface area contributed by atoms with Gasteiger partial charge in [0.15, 0.2) is 0 Å². The van der Waals surface area contributed by atoms with Gasteiger partial charge in [0.05, 0.1) is 7.11 Å². The number of allylic oxidation sites excluding steroid dienone is 1. The second kappa shape index (κ2) is 6.39. The van der Waals surface area contributed by atoms with Gasteiger partial charge in [0.25, 0.3) is 0 Å². The van der Waals surface area contributed by atoms with E-state index >= 15 is 0 Å². The molecule has 0 spiro atoms. The average Bonchev–Trinajstić information content (AvgIpc) is 3.16. The second-order valence-electron chi connectivity index (χ2n) is 5.92. The van der Waals surface area contributed by atoms with E-state index in [2.05, 4.69) is 58.1 Å². The Morgan fingerprint density at radius 3 is 2.52 bits per heavy atom. The molecular formula is C19H19N5O. The minimum Gasteiger partial charge on any atom is -0.497 e. The quantitative estimate of drug-likeness (QED) is 0.793. The molecule has 6 heteroatoms. The molecule has 0 saturated heterocycles. The van der Waals surface area contributed by atoms with Crippen molar-refractivity contribution in [3.05, 3.63) is 71.3 Å². The Morgan fingerprint density at radius 1 is 1.08 bits per heavy atom. The molecule has 1 aliphatic rings. The summed E-state index contributed by atoms with van der Waals surface area (Å²) in [6.45, 7) is 2.15. The Hall–Kier alpha value is -3.15. The Kier molecular flexibility index (Phi) is 3.93. The molecule has 0 fully saturated rings. The van der Waals surface area contributed by atoms with Gasteiger partial charge in [0.1, 0.15) is 11.8 Å². The first-order valence-corrected chi connectivity index (χ1v) is 8.28. The molecule has 2 aromatic carbocycles. The number of methoxy groups -OCH3 is 1. The summed E-state index contributed by atoms with van der Waals surface area (Å²) in [5.41, 5.74) is 4.51. The maximum absolute atomic E-state index is 5.24. The molecule has 2 heterocycles. The van der Waals surface area contributed by atoms with Gasteiger partial charge in [-0.15, -0.1) is 0 Å². The molecule has 6 nitrogen and oxygen atoms in total. The Bertz CT molecular complexity index is 896. The number of hydrogen-bond donors (Lipinski definition) is 1. The number of aryl methyl sites for hydroxylation is 1. The molecule has 1 aliphatic heterocycles. The molecule has 4 rings (SSSR count). The molecule has 1 atom stereocenters. The second-order valence-corrected chi connectivity index (χ2v) is 5.92. The molecule has 1 N–H and O–H groups in total. The Balaban J connectivity index is 1.74. The summed E-state index contributed by atoms with van der Waals surface area (Å²) in [7, 11) is 1.66. The number of fused-ring (bicyclic) bond motifs is 1. The van der Waals surface area contributed by atoms with Crippen LogP contribution in [0.2, 0.25) is 0 Å². The van der Waals surface area contributed by atoms with E-state index in [1.165, 1.54) is 5.56 Å². The van der Waals surface area contributed by atoms with Crippen molar-refractivity contribution in [1.82, 2.24) is 20.2 Å². The highest BCUT2D eigenvalue weighted by atomic mass is 16.5. The van der Waals surface area contributed by atoms with Crippen LogP contribution < -0.4 is 10.1 Å². The highest BCUT2D eigenvalue weighted by molar-refractivity contribution is 5.77. The number of benzene rings is 2. The van der Waals surface area contributed by atoms with Crippen LogP contribution >= 0.6 is 0 Å². The van der Waals surface area contributed by atoms with Crippen LogP contribution in [0.1, 0.15) is 29.7 Å². The summed E-state index contributed by atoms with van der Waals surface area (Å²) in [6.07, 6.45) is 3.17. The van der Waals surface area contributed by atoms with Gasteiger partial charge in [0, 0.05) is 5.70 Å². The normalized spacial score (nSPS) is 15.9. The number of nitrogens with zero attached hydrogens (tertiary/aromatic N) is 4. The lowest BCUT2D eigenvalue weighted by Gasteiger charge is -2.23. The van der Waals surface area contributed by atoms with Crippen LogP contribution in [0.3, 0.4) is 0 Å². The highest BCUT2D eigenvalue weighted by Crippen LogP contribution is 2.32. The van der Waals surface area contributed by atoms with Crippen molar-refractivity contribution in [3.63, 3.8) is 0 Å². The number of rotatable bonds is 4. The monoisotopic (exact) mass is 333 g/mol. The number of hydrogen-bond acceptors (Lipinski definition) is 5. The van der Waals surface area contributed by atoms with Crippen LogP contribution in [0.5, 0.6) is 5.75 Å². The van der Waals surface area contributed by atoms with Gasteiger partial charge in [0.2, 0.25) is 5.95 Å².